The molecule has 0 amide bonds. The second-order valence-corrected chi connectivity index (χ2v) is 18.0. The Bertz CT molecular complexity index is 3430. The molecule has 2 bridgehead atoms. The quantitative estimate of drug-likeness (QED) is 0.152. The average molecular weight is 885 g/mol. The van der Waals surface area contributed by atoms with Crippen molar-refractivity contribution in [3.63, 3.8) is 0 Å². The van der Waals surface area contributed by atoms with Crippen molar-refractivity contribution < 1.29 is 0 Å². The minimum Gasteiger partial charge on any atom is -0.333 e. The van der Waals surface area contributed by atoms with E-state index in [-0.39, 0.29) is 6.17 Å². The summed E-state index contributed by atoms with van der Waals surface area (Å²) >= 11 is 0. The van der Waals surface area contributed by atoms with E-state index in [2.05, 4.69) is 182 Å². The van der Waals surface area contributed by atoms with E-state index in [0.717, 1.165) is 39.2 Å². The molecule has 6 heteroatoms. The fraction of sp³-hybridized carbons (Fsp3) is 0.0635. The maximum absolute atomic E-state index is 5.32. The van der Waals surface area contributed by atoms with Crippen LogP contribution in [0, 0.1) is 0 Å². The predicted molar refractivity (Wildman–Crippen MR) is 276 cm³/mol. The number of hydrogen-bond donors (Lipinski definition) is 0. The van der Waals surface area contributed by atoms with Gasteiger partial charge in [0.15, 0.2) is 23.3 Å². The Balaban J connectivity index is 0.952. The van der Waals surface area contributed by atoms with E-state index in [4.69, 9.17) is 24.9 Å². The highest BCUT2D eigenvalue weighted by Gasteiger charge is 2.59. The number of nitrogens with zero attached hydrogens (tertiary/aromatic N) is 6. The van der Waals surface area contributed by atoms with Crippen molar-refractivity contribution in [2.45, 2.75) is 17.0 Å². The van der Waals surface area contributed by atoms with Gasteiger partial charge in [0.1, 0.15) is 12.0 Å². The third-order valence-electron chi connectivity index (χ3n) is 14.3. The van der Waals surface area contributed by atoms with Crippen molar-refractivity contribution in [1.82, 2.24) is 19.9 Å². The van der Waals surface area contributed by atoms with Crippen LogP contribution in [0.1, 0.15) is 67.4 Å². The summed E-state index contributed by atoms with van der Waals surface area (Å²) in [4.78, 5) is 27.9. The Morgan fingerprint density at radius 2 is 0.652 bits per heavy atom. The fourth-order valence-electron chi connectivity index (χ4n) is 11.3. The van der Waals surface area contributed by atoms with Crippen molar-refractivity contribution in [3.8, 4) is 34.2 Å². The van der Waals surface area contributed by atoms with Crippen LogP contribution in [0.5, 0.6) is 0 Å². The van der Waals surface area contributed by atoms with Crippen LogP contribution in [-0.4, -0.2) is 38.6 Å². The summed E-state index contributed by atoms with van der Waals surface area (Å²) < 4.78 is 0. The molecule has 1 atom stereocenters. The molecule has 0 spiro atoms. The lowest BCUT2D eigenvalue weighted by Crippen LogP contribution is -2.51. The molecule has 69 heavy (non-hydrogen) atoms. The zero-order valence-corrected chi connectivity index (χ0v) is 37.9. The molecule has 0 saturated carbocycles. The highest BCUT2D eigenvalue weighted by Crippen LogP contribution is 2.66. The minimum absolute atomic E-state index is 0.229. The summed E-state index contributed by atoms with van der Waals surface area (Å²) in [7, 11) is 2.08. The van der Waals surface area contributed by atoms with Crippen LogP contribution in [0.25, 0.3) is 34.2 Å². The molecule has 6 nitrogen and oxygen atoms in total. The van der Waals surface area contributed by atoms with Crippen LogP contribution in [0.2, 0.25) is 0 Å². The predicted octanol–water partition coefficient (Wildman–Crippen LogP) is 13.1. The molecule has 2 heterocycles. The normalized spacial score (nSPS) is 18.6. The molecule has 0 saturated heterocycles. The first-order chi connectivity index (χ1) is 34.1. The Kier molecular flexibility index (Phi) is 9.47. The standard InChI is InChI=1S/C63H44N6/c1-69-60(46-24-10-4-11-25-46)67-59(68-61(69)47-26-12-5-13-27-47)45-36-40-49(41-37-45)63-53-31-17-14-28-50(53)62(51-29-15-18-32-54(51)63,52-30-16-19-33-55(52)63)48-38-34-44(35-39-48)58-65-56(42-20-6-2-7-21-42)64-57(66-58)43-22-8-3-9-23-43/h2-41,60H,1H3. The van der Waals surface area contributed by atoms with E-state index in [1.165, 1.54) is 44.5 Å². The van der Waals surface area contributed by atoms with Gasteiger partial charge in [0.2, 0.25) is 0 Å². The minimum atomic E-state index is -0.592. The first kappa shape index (κ1) is 40.4. The third kappa shape index (κ3) is 6.22. The van der Waals surface area contributed by atoms with Gasteiger partial charge in [-0.2, -0.15) is 0 Å². The van der Waals surface area contributed by atoms with E-state index in [1.807, 2.05) is 72.8 Å². The maximum Gasteiger partial charge on any atom is 0.164 e. The van der Waals surface area contributed by atoms with Crippen molar-refractivity contribution in [2.75, 3.05) is 7.05 Å². The zero-order valence-electron chi connectivity index (χ0n) is 37.9. The van der Waals surface area contributed by atoms with Crippen LogP contribution in [-0.2, 0) is 10.8 Å². The van der Waals surface area contributed by atoms with Gasteiger partial charge >= 0.3 is 0 Å². The number of aromatic nitrogens is 3. The molecule has 14 rings (SSSR count). The second kappa shape index (κ2) is 16.2. The SMILES string of the molecule is CN1C(c2ccccc2)=NC(c2ccc(C34c5ccccc5C(c5ccc(-c6nc(-c7ccccc7)nc(-c7ccccc7)n6)cc5)(c5ccccc53)c3ccccc34)cc2)=NC1c1ccccc1. The van der Waals surface area contributed by atoms with Crippen molar-refractivity contribution >= 4 is 11.7 Å². The van der Waals surface area contributed by atoms with Crippen molar-refractivity contribution in [3.05, 3.63) is 304 Å². The second-order valence-electron chi connectivity index (χ2n) is 18.0. The van der Waals surface area contributed by atoms with E-state index >= 15 is 0 Å². The summed E-state index contributed by atoms with van der Waals surface area (Å²) in [6.45, 7) is 0. The van der Waals surface area contributed by atoms with Gasteiger partial charge in [-0.05, 0) is 50.1 Å². The van der Waals surface area contributed by atoms with Crippen molar-refractivity contribution in [2.24, 2.45) is 9.98 Å². The van der Waals surface area contributed by atoms with Crippen LogP contribution in [0.3, 0.4) is 0 Å². The summed E-state index contributed by atoms with van der Waals surface area (Å²) in [6, 6.07) is 86.5. The lowest BCUT2D eigenvalue weighted by molar-refractivity contribution is 0.383. The molecule has 0 N–H and O–H groups in total. The summed E-state index contributed by atoms with van der Waals surface area (Å²) in [6.07, 6.45) is -0.229. The van der Waals surface area contributed by atoms with Crippen molar-refractivity contribution in [1.29, 1.82) is 0 Å². The molecular formula is C63H44N6. The lowest BCUT2D eigenvalue weighted by atomic mass is 9.44. The fourth-order valence-corrected chi connectivity index (χ4v) is 11.3. The monoisotopic (exact) mass is 884 g/mol. The lowest BCUT2D eigenvalue weighted by Gasteiger charge is -2.57. The number of amidine groups is 2. The number of benzene rings is 9. The molecule has 326 valence electrons. The Hall–Kier alpha value is -8.87. The highest BCUT2D eigenvalue weighted by molar-refractivity contribution is 6.13. The van der Waals surface area contributed by atoms with Gasteiger partial charge in [0.25, 0.3) is 0 Å². The van der Waals surface area contributed by atoms with Crippen LogP contribution >= 0.6 is 0 Å². The average Bonchev–Trinajstić information content (AvgIpc) is 3.44. The van der Waals surface area contributed by atoms with E-state index in [1.54, 1.807) is 0 Å². The highest BCUT2D eigenvalue weighted by atomic mass is 15.3. The molecule has 1 aliphatic heterocycles. The Morgan fingerprint density at radius 3 is 1.04 bits per heavy atom. The third-order valence-corrected chi connectivity index (χ3v) is 14.3. The van der Waals surface area contributed by atoms with Crippen LogP contribution < -0.4 is 0 Å². The Labute approximate surface area is 401 Å². The van der Waals surface area contributed by atoms with E-state index < -0.39 is 10.8 Å². The molecular weight excluding hydrogens is 841 g/mol. The van der Waals surface area contributed by atoms with Gasteiger partial charge in [0.05, 0.1) is 10.8 Å². The molecule has 4 aliphatic rings. The van der Waals surface area contributed by atoms with Gasteiger partial charge in [-0.3, -0.25) is 0 Å². The first-order valence-corrected chi connectivity index (χ1v) is 23.5. The molecule has 10 aromatic rings. The zero-order chi connectivity index (χ0) is 45.9. The van der Waals surface area contributed by atoms with Crippen LogP contribution in [0.4, 0.5) is 0 Å². The first-order valence-electron chi connectivity index (χ1n) is 23.5. The molecule has 1 aromatic heterocycles. The topological polar surface area (TPSA) is 66.6 Å². The van der Waals surface area contributed by atoms with Gasteiger partial charge in [-0.25, -0.2) is 24.9 Å². The largest absolute Gasteiger partial charge is 0.333 e. The molecule has 3 aliphatic carbocycles. The van der Waals surface area contributed by atoms with Gasteiger partial charge in [-0.15, -0.1) is 0 Å². The van der Waals surface area contributed by atoms with E-state index in [9.17, 15) is 0 Å². The smallest absolute Gasteiger partial charge is 0.164 e. The van der Waals surface area contributed by atoms with Gasteiger partial charge in [0, 0.05) is 34.9 Å². The maximum atomic E-state index is 5.32. The van der Waals surface area contributed by atoms with Crippen LogP contribution in [0.15, 0.2) is 253 Å². The van der Waals surface area contributed by atoms with E-state index in [0.29, 0.717) is 23.3 Å². The van der Waals surface area contributed by atoms with Gasteiger partial charge < -0.3 is 4.90 Å². The number of rotatable bonds is 8. The summed E-state index contributed by atoms with van der Waals surface area (Å²) in [5, 5.41) is 0. The number of hydrogen-bond acceptors (Lipinski definition) is 6. The molecule has 1 unspecified atom stereocenters. The Morgan fingerprint density at radius 1 is 0.333 bits per heavy atom. The molecule has 0 fully saturated rings. The van der Waals surface area contributed by atoms with Gasteiger partial charge in [-0.1, -0.05) is 243 Å². The molecule has 9 aromatic carbocycles. The summed E-state index contributed by atoms with van der Waals surface area (Å²) in [5.74, 6) is 3.52. The summed E-state index contributed by atoms with van der Waals surface area (Å²) in [5.41, 5.74) is 14.8. The number of aliphatic imine (C=N–C) groups is 2. The molecule has 0 radical (unpaired) electrons.